The third-order valence-electron chi connectivity index (χ3n) is 4.75. The van der Waals surface area contributed by atoms with Crippen molar-refractivity contribution in [3.05, 3.63) is 80.8 Å². The number of carbonyl (C=O) groups is 1. The van der Waals surface area contributed by atoms with Crippen LogP contribution in [0.2, 0.25) is 0 Å². The molecule has 158 valence electrons. The second kappa shape index (κ2) is 8.47. The third kappa shape index (κ3) is 4.29. The maximum absolute atomic E-state index is 13.3. The Labute approximate surface area is 187 Å². The van der Waals surface area contributed by atoms with Crippen molar-refractivity contribution in [3.63, 3.8) is 0 Å². The van der Waals surface area contributed by atoms with E-state index in [1.165, 1.54) is 4.68 Å². The Balaban J connectivity index is 1.78. The minimum Gasteiger partial charge on any atom is -0.305 e. The summed E-state index contributed by atoms with van der Waals surface area (Å²) in [7, 11) is 0. The van der Waals surface area contributed by atoms with Crippen molar-refractivity contribution in [2.24, 2.45) is 5.92 Å². The molecule has 0 bridgehead atoms. The molecule has 31 heavy (non-hydrogen) atoms. The van der Waals surface area contributed by atoms with Gasteiger partial charge in [-0.15, -0.1) is 0 Å². The topological polar surface area (TPSA) is 81.8 Å². The maximum atomic E-state index is 13.3. The summed E-state index contributed by atoms with van der Waals surface area (Å²) in [5.41, 5.74) is 1.57. The van der Waals surface area contributed by atoms with Crippen LogP contribution in [0.4, 0.5) is 5.82 Å². The lowest BCUT2D eigenvalue weighted by Gasteiger charge is -2.13. The van der Waals surface area contributed by atoms with E-state index in [1.807, 2.05) is 45.0 Å². The Kier molecular flexibility index (Phi) is 5.73. The van der Waals surface area contributed by atoms with E-state index in [2.05, 4.69) is 31.4 Å². The van der Waals surface area contributed by atoms with Gasteiger partial charge in [0.1, 0.15) is 5.82 Å². The highest BCUT2D eigenvalue weighted by molar-refractivity contribution is 9.10. The number of aryl methyl sites for hydroxylation is 1. The predicted octanol–water partition coefficient (Wildman–Crippen LogP) is 4.56. The predicted molar refractivity (Wildman–Crippen MR) is 125 cm³/mol. The van der Waals surface area contributed by atoms with Crippen LogP contribution in [0.25, 0.3) is 16.5 Å². The Morgan fingerprint density at radius 3 is 2.52 bits per heavy atom. The first-order valence-corrected chi connectivity index (χ1v) is 10.8. The molecular formula is C23H22BrN5O2. The van der Waals surface area contributed by atoms with Crippen LogP contribution in [-0.4, -0.2) is 25.5 Å². The summed E-state index contributed by atoms with van der Waals surface area (Å²) >= 11 is 3.47. The molecule has 1 N–H and O–H groups in total. The van der Waals surface area contributed by atoms with Gasteiger partial charge in [0.25, 0.3) is 11.5 Å². The number of hydrogen-bond donors (Lipinski definition) is 1. The molecule has 4 rings (SSSR count). The monoisotopic (exact) mass is 479 g/mol. The summed E-state index contributed by atoms with van der Waals surface area (Å²) in [5, 5.41) is 12.8. The molecule has 2 aromatic carbocycles. The van der Waals surface area contributed by atoms with Crippen LogP contribution in [0.15, 0.2) is 63.9 Å². The Morgan fingerprint density at radius 1 is 1.06 bits per heavy atom. The second-order valence-electron chi connectivity index (χ2n) is 7.79. The van der Waals surface area contributed by atoms with Gasteiger partial charge < -0.3 is 5.32 Å². The fourth-order valence-corrected chi connectivity index (χ4v) is 3.83. The fraction of sp³-hybridized carbons (Fsp3) is 0.217. The Bertz CT molecular complexity index is 1340. The first kappa shape index (κ1) is 21.0. The summed E-state index contributed by atoms with van der Waals surface area (Å²) in [6.45, 7) is 6.30. The highest BCUT2D eigenvalue weighted by Crippen LogP contribution is 2.22. The van der Waals surface area contributed by atoms with Gasteiger partial charge in [0, 0.05) is 22.5 Å². The zero-order valence-corrected chi connectivity index (χ0v) is 19.0. The first-order valence-electron chi connectivity index (χ1n) is 9.97. The number of fused-ring (bicyclic) bond motifs is 1. The van der Waals surface area contributed by atoms with Crippen molar-refractivity contribution in [2.75, 3.05) is 5.32 Å². The number of nitrogens with zero attached hydrogens (tertiary/aromatic N) is 4. The van der Waals surface area contributed by atoms with Crippen LogP contribution >= 0.6 is 15.9 Å². The number of anilines is 1. The largest absolute Gasteiger partial charge is 0.305 e. The average molecular weight is 480 g/mol. The molecule has 4 aromatic rings. The number of hydrogen-bond acceptors (Lipinski definition) is 4. The molecule has 0 saturated heterocycles. The van der Waals surface area contributed by atoms with Gasteiger partial charge in [0.15, 0.2) is 5.69 Å². The number of carbonyl (C=O) groups excluding carboxylic acids is 1. The van der Waals surface area contributed by atoms with E-state index in [0.29, 0.717) is 23.1 Å². The SMILES string of the molecule is Cc1cc(NC(=O)c2nn(CC(C)C)c(=O)c3ccccc23)n(-c2cccc(Br)c2)n1. The highest BCUT2D eigenvalue weighted by atomic mass is 79.9. The molecule has 1 amide bonds. The number of rotatable bonds is 5. The summed E-state index contributed by atoms with van der Waals surface area (Å²) in [4.78, 5) is 26.1. The zero-order valence-electron chi connectivity index (χ0n) is 17.5. The maximum Gasteiger partial charge on any atom is 0.277 e. The minimum absolute atomic E-state index is 0.198. The van der Waals surface area contributed by atoms with Gasteiger partial charge in [-0.05, 0) is 37.1 Å². The van der Waals surface area contributed by atoms with Crippen LogP contribution in [0.3, 0.4) is 0 Å². The molecule has 2 heterocycles. The van der Waals surface area contributed by atoms with Crippen LogP contribution in [0, 0.1) is 12.8 Å². The normalized spacial score (nSPS) is 11.3. The standard InChI is InChI=1S/C23H22BrN5O2/c1-14(2)13-28-23(31)19-10-5-4-9-18(19)21(27-28)22(30)25-20-11-15(3)26-29(20)17-8-6-7-16(24)12-17/h4-12,14H,13H2,1-3H3,(H,25,30). The van der Waals surface area contributed by atoms with E-state index in [1.54, 1.807) is 35.0 Å². The number of benzene rings is 2. The molecular weight excluding hydrogens is 458 g/mol. The van der Waals surface area contributed by atoms with Gasteiger partial charge >= 0.3 is 0 Å². The van der Waals surface area contributed by atoms with Gasteiger partial charge in [-0.25, -0.2) is 9.36 Å². The smallest absolute Gasteiger partial charge is 0.277 e. The van der Waals surface area contributed by atoms with Crippen LogP contribution in [-0.2, 0) is 6.54 Å². The molecule has 0 spiro atoms. The first-order chi connectivity index (χ1) is 14.8. The molecule has 2 aromatic heterocycles. The van der Waals surface area contributed by atoms with Crippen molar-refractivity contribution in [2.45, 2.75) is 27.3 Å². The van der Waals surface area contributed by atoms with Crippen molar-refractivity contribution in [1.82, 2.24) is 19.6 Å². The van der Waals surface area contributed by atoms with Crippen molar-refractivity contribution in [1.29, 1.82) is 0 Å². The second-order valence-corrected chi connectivity index (χ2v) is 8.71. The van der Waals surface area contributed by atoms with E-state index in [9.17, 15) is 9.59 Å². The third-order valence-corrected chi connectivity index (χ3v) is 5.24. The van der Waals surface area contributed by atoms with E-state index >= 15 is 0 Å². The van der Waals surface area contributed by atoms with E-state index in [4.69, 9.17) is 0 Å². The molecule has 0 fully saturated rings. The molecule has 0 saturated carbocycles. The number of halogens is 1. The number of nitrogens with one attached hydrogen (secondary N) is 1. The molecule has 0 aliphatic heterocycles. The van der Waals surface area contributed by atoms with Crippen molar-refractivity contribution >= 4 is 38.4 Å². The molecule has 0 unspecified atom stereocenters. The van der Waals surface area contributed by atoms with E-state index in [-0.39, 0.29) is 17.2 Å². The Hall–Kier alpha value is -3.26. The van der Waals surface area contributed by atoms with Crippen molar-refractivity contribution in [3.8, 4) is 5.69 Å². The molecule has 8 heteroatoms. The highest BCUT2D eigenvalue weighted by Gasteiger charge is 2.19. The van der Waals surface area contributed by atoms with E-state index in [0.717, 1.165) is 15.9 Å². The lowest BCUT2D eigenvalue weighted by molar-refractivity contribution is 0.102. The van der Waals surface area contributed by atoms with Crippen LogP contribution in [0.5, 0.6) is 0 Å². The lowest BCUT2D eigenvalue weighted by Crippen LogP contribution is -2.29. The number of amides is 1. The summed E-state index contributed by atoms with van der Waals surface area (Å²) < 4.78 is 3.95. The van der Waals surface area contributed by atoms with Crippen LogP contribution in [0.1, 0.15) is 30.0 Å². The molecule has 0 radical (unpaired) electrons. The van der Waals surface area contributed by atoms with Crippen LogP contribution < -0.4 is 10.9 Å². The average Bonchev–Trinajstić information content (AvgIpc) is 3.10. The van der Waals surface area contributed by atoms with Gasteiger partial charge in [-0.3, -0.25) is 9.59 Å². The molecule has 0 atom stereocenters. The number of aromatic nitrogens is 4. The summed E-state index contributed by atoms with van der Waals surface area (Å²) in [6, 6.07) is 16.5. The molecule has 0 aliphatic carbocycles. The van der Waals surface area contributed by atoms with Gasteiger partial charge in [-0.2, -0.15) is 10.2 Å². The van der Waals surface area contributed by atoms with Gasteiger partial charge in [0.05, 0.1) is 16.8 Å². The van der Waals surface area contributed by atoms with Crippen molar-refractivity contribution < 1.29 is 4.79 Å². The quantitative estimate of drug-likeness (QED) is 0.454. The van der Waals surface area contributed by atoms with Gasteiger partial charge in [0.2, 0.25) is 0 Å². The fourth-order valence-electron chi connectivity index (χ4n) is 3.44. The van der Waals surface area contributed by atoms with Gasteiger partial charge in [-0.1, -0.05) is 54.0 Å². The summed E-state index contributed by atoms with van der Waals surface area (Å²) in [5.74, 6) is 0.334. The lowest BCUT2D eigenvalue weighted by atomic mass is 10.1. The Morgan fingerprint density at radius 2 is 1.81 bits per heavy atom. The molecule has 0 aliphatic rings. The molecule has 7 nitrogen and oxygen atoms in total. The minimum atomic E-state index is -0.398. The summed E-state index contributed by atoms with van der Waals surface area (Å²) in [6.07, 6.45) is 0. The van der Waals surface area contributed by atoms with E-state index < -0.39 is 5.91 Å². The zero-order chi connectivity index (χ0) is 22.1.